The molecule has 70 valence electrons. The average molecular weight is 260 g/mol. The summed E-state index contributed by atoms with van der Waals surface area (Å²) in [5.41, 5.74) is 0.679. The van der Waals surface area contributed by atoms with Gasteiger partial charge in [-0.1, -0.05) is 6.08 Å². The van der Waals surface area contributed by atoms with E-state index >= 15 is 0 Å². The van der Waals surface area contributed by atoms with Crippen molar-refractivity contribution in [2.45, 2.75) is 13.0 Å². The van der Waals surface area contributed by atoms with E-state index in [1.54, 1.807) is 6.08 Å². The summed E-state index contributed by atoms with van der Waals surface area (Å²) in [7, 11) is 0. The maximum atomic E-state index is 11.5. The van der Waals surface area contributed by atoms with Gasteiger partial charge in [0.25, 0.3) is 5.91 Å². The fourth-order valence-electron chi connectivity index (χ4n) is 0.787. The maximum absolute atomic E-state index is 11.5. The molecule has 0 radical (unpaired) electrons. The second-order valence-corrected chi connectivity index (χ2v) is 4.23. The first-order chi connectivity index (χ1) is 6.15. The van der Waals surface area contributed by atoms with Crippen molar-refractivity contribution >= 4 is 33.2 Å². The highest BCUT2D eigenvalue weighted by atomic mass is 79.9. The molecule has 13 heavy (non-hydrogen) atoms. The molecule has 0 aromatic carbocycles. The van der Waals surface area contributed by atoms with E-state index in [1.807, 2.05) is 17.7 Å². The molecule has 0 spiro atoms. The molecule has 1 heterocycles. The van der Waals surface area contributed by atoms with E-state index in [4.69, 9.17) is 0 Å². The Morgan fingerprint density at radius 1 is 1.77 bits per heavy atom. The molecule has 0 saturated heterocycles. The number of rotatable bonds is 3. The Hall–Kier alpha value is -0.610. The summed E-state index contributed by atoms with van der Waals surface area (Å²) in [6.45, 7) is 5.47. The minimum absolute atomic E-state index is 0.000648. The van der Waals surface area contributed by atoms with Crippen LogP contribution in [0.4, 0.5) is 0 Å². The van der Waals surface area contributed by atoms with Crippen molar-refractivity contribution in [3.05, 3.63) is 33.5 Å². The molecule has 0 fully saturated rings. The molecular formula is C9H10BrNOS. The van der Waals surface area contributed by atoms with Crippen LogP contribution in [-0.2, 0) is 0 Å². The normalized spacial score (nSPS) is 12.2. The number of halogens is 1. The predicted molar refractivity (Wildman–Crippen MR) is 59.1 cm³/mol. The number of amides is 1. The Labute approximate surface area is 89.8 Å². The van der Waals surface area contributed by atoms with Crippen LogP contribution in [0, 0.1) is 0 Å². The van der Waals surface area contributed by atoms with E-state index in [0.717, 1.165) is 4.47 Å². The van der Waals surface area contributed by atoms with Gasteiger partial charge in [0.05, 0.1) is 5.56 Å². The summed E-state index contributed by atoms with van der Waals surface area (Å²) in [5, 5.41) is 6.49. The molecule has 0 bridgehead atoms. The molecule has 0 aliphatic rings. The molecule has 1 amide bonds. The lowest BCUT2D eigenvalue weighted by atomic mass is 10.3. The fourth-order valence-corrected chi connectivity index (χ4v) is 2.24. The first-order valence-corrected chi connectivity index (χ1v) is 5.54. The Morgan fingerprint density at radius 2 is 2.46 bits per heavy atom. The third-order valence-electron chi connectivity index (χ3n) is 1.57. The number of hydrogen-bond donors (Lipinski definition) is 1. The molecule has 1 unspecified atom stereocenters. The van der Waals surface area contributed by atoms with E-state index in [-0.39, 0.29) is 11.9 Å². The van der Waals surface area contributed by atoms with Crippen LogP contribution in [-0.4, -0.2) is 11.9 Å². The zero-order valence-corrected chi connectivity index (χ0v) is 9.61. The Bertz CT molecular complexity index is 321. The smallest absolute Gasteiger partial charge is 0.253 e. The van der Waals surface area contributed by atoms with E-state index < -0.39 is 0 Å². The van der Waals surface area contributed by atoms with Gasteiger partial charge in [-0.15, -0.1) is 6.58 Å². The molecule has 0 aliphatic heterocycles. The lowest BCUT2D eigenvalue weighted by Crippen LogP contribution is -2.30. The first kappa shape index (κ1) is 10.5. The lowest BCUT2D eigenvalue weighted by Gasteiger charge is -2.07. The summed E-state index contributed by atoms with van der Waals surface area (Å²) >= 11 is 4.80. The van der Waals surface area contributed by atoms with Gasteiger partial charge in [0, 0.05) is 21.3 Å². The molecule has 0 aliphatic carbocycles. The minimum atomic E-state index is -0.0690. The van der Waals surface area contributed by atoms with Crippen LogP contribution in [0.15, 0.2) is 27.9 Å². The molecule has 0 saturated carbocycles. The summed E-state index contributed by atoms with van der Waals surface area (Å²) in [6, 6.07) is -0.000648. The number of carbonyl (C=O) groups is 1. The summed E-state index contributed by atoms with van der Waals surface area (Å²) in [4.78, 5) is 11.5. The molecule has 1 N–H and O–H groups in total. The fraction of sp³-hybridized carbons (Fsp3) is 0.222. The highest BCUT2D eigenvalue weighted by Gasteiger charge is 2.11. The van der Waals surface area contributed by atoms with Crippen molar-refractivity contribution in [2.24, 2.45) is 0 Å². The van der Waals surface area contributed by atoms with Gasteiger partial charge in [-0.05, 0) is 22.9 Å². The minimum Gasteiger partial charge on any atom is -0.346 e. The van der Waals surface area contributed by atoms with Gasteiger partial charge in [-0.25, -0.2) is 0 Å². The van der Waals surface area contributed by atoms with Gasteiger partial charge in [0.2, 0.25) is 0 Å². The Balaban J connectivity index is 2.69. The molecule has 1 atom stereocenters. The molecule has 1 aromatic heterocycles. The number of nitrogens with one attached hydrogen (secondary N) is 1. The second kappa shape index (κ2) is 4.58. The molecular weight excluding hydrogens is 250 g/mol. The standard InChI is InChI=1S/C9H10BrNOS/c1-3-6(2)11-9(12)7-4-13-5-8(7)10/h3-6H,1H2,2H3,(H,11,12). The van der Waals surface area contributed by atoms with Crippen molar-refractivity contribution in [1.29, 1.82) is 0 Å². The van der Waals surface area contributed by atoms with Crippen LogP contribution >= 0.6 is 27.3 Å². The van der Waals surface area contributed by atoms with Crippen LogP contribution in [0.1, 0.15) is 17.3 Å². The van der Waals surface area contributed by atoms with Crippen molar-refractivity contribution < 1.29 is 4.79 Å². The van der Waals surface area contributed by atoms with Crippen LogP contribution in [0.25, 0.3) is 0 Å². The largest absolute Gasteiger partial charge is 0.346 e. The number of carbonyl (C=O) groups excluding carboxylic acids is 1. The van der Waals surface area contributed by atoms with Crippen LogP contribution < -0.4 is 5.32 Å². The van der Waals surface area contributed by atoms with E-state index in [1.165, 1.54) is 11.3 Å². The van der Waals surface area contributed by atoms with Crippen molar-refractivity contribution in [2.75, 3.05) is 0 Å². The topological polar surface area (TPSA) is 29.1 Å². The Morgan fingerprint density at radius 3 is 2.92 bits per heavy atom. The van der Waals surface area contributed by atoms with Gasteiger partial charge in [-0.2, -0.15) is 11.3 Å². The van der Waals surface area contributed by atoms with Gasteiger partial charge in [0.15, 0.2) is 0 Å². The van der Waals surface area contributed by atoms with Gasteiger partial charge in [-0.3, -0.25) is 4.79 Å². The van der Waals surface area contributed by atoms with E-state index in [9.17, 15) is 4.79 Å². The zero-order chi connectivity index (χ0) is 9.84. The zero-order valence-electron chi connectivity index (χ0n) is 7.21. The monoisotopic (exact) mass is 259 g/mol. The van der Waals surface area contributed by atoms with Gasteiger partial charge < -0.3 is 5.32 Å². The maximum Gasteiger partial charge on any atom is 0.253 e. The highest BCUT2D eigenvalue weighted by Crippen LogP contribution is 2.20. The van der Waals surface area contributed by atoms with E-state index in [2.05, 4.69) is 27.8 Å². The lowest BCUT2D eigenvalue weighted by molar-refractivity contribution is 0.0946. The van der Waals surface area contributed by atoms with Gasteiger partial charge in [0.1, 0.15) is 0 Å². The third-order valence-corrected chi connectivity index (χ3v) is 3.27. The summed E-state index contributed by atoms with van der Waals surface area (Å²) in [5.74, 6) is -0.0690. The predicted octanol–water partition coefficient (Wildman–Crippen LogP) is 2.81. The third kappa shape index (κ3) is 2.67. The molecule has 2 nitrogen and oxygen atoms in total. The van der Waals surface area contributed by atoms with Crippen LogP contribution in [0.3, 0.4) is 0 Å². The van der Waals surface area contributed by atoms with Crippen molar-refractivity contribution in [1.82, 2.24) is 5.32 Å². The van der Waals surface area contributed by atoms with E-state index in [0.29, 0.717) is 5.56 Å². The van der Waals surface area contributed by atoms with Crippen LogP contribution in [0.2, 0.25) is 0 Å². The van der Waals surface area contributed by atoms with Gasteiger partial charge >= 0.3 is 0 Å². The summed E-state index contributed by atoms with van der Waals surface area (Å²) < 4.78 is 0.839. The first-order valence-electron chi connectivity index (χ1n) is 3.80. The van der Waals surface area contributed by atoms with Crippen molar-refractivity contribution in [3.63, 3.8) is 0 Å². The molecule has 4 heteroatoms. The summed E-state index contributed by atoms with van der Waals surface area (Å²) in [6.07, 6.45) is 1.69. The highest BCUT2D eigenvalue weighted by molar-refractivity contribution is 9.10. The van der Waals surface area contributed by atoms with Crippen LogP contribution in [0.5, 0.6) is 0 Å². The number of thiophene rings is 1. The molecule has 1 rings (SSSR count). The Kier molecular flexibility index (Phi) is 3.69. The SMILES string of the molecule is C=CC(C)NC(=O)c1cscc1Br. The second-order valence-electron chi connectivity index (χ2n) is 2.63. The molecule has 1 aromatic rings. The number of hydrogen-bond acceptors (Lipinski definition) is 2. The average Bonchev–Trinajstić information content (AvgIpc) is 2.51. The quantitative estimate of drug-likeness (QED) is 0.832. The van der Waals surface area contributed by atoms with Crippen molar-refractivity contribution in [3.8, 4) is 0 Å².